The van der Waals surface area contributed by atoms with E-state index in [4.69, 9.17) is 5.73 Å². The summed E-state index contributed by atoms with van der Waals surface area (Å²) >= 11 is 0. The van der Waals surface area contributed by atoms with Crippen molar-refractivity contribution in [2.75, 3.05) is 12.8 Å². The van der Waals surface area contributed by atoms with Gasteiger partial charge in [0.1, 0.15) is 0 Å². The Labute approximate surface area is 163 Å². The van der Waals surface area contributed by atoms with Gasteiger partial charge >= 0.3 is 0 Å². The minimum absolute atomic E-state index is 0.0487. The molecule has 1 aromatic heterocycles. The van der Waals surface area contributed by atoms with Crippen LogP contribution in [0.25, 0.3) is 11.3 Å². The third-order valence-corrected chi connectivity index (χ3v) is 4.31. The number of amides is 2. The number of nitrogens with zero attached hydrogens (tertiary/aromatic N) is 2. The van der Waals surface area contributed by atoms with E-state index < -0.39 is 5.91 Å². The summed E-state index contributed by atoms with van der Waals surface area (Å²) in [4.78, 5) is 32.9. The lowest BCUT2D eigenvalue weighted by Crippen LogP contribution is -2.26. The van der Waals surface area contributed by atoms with Crippen LogP contribution in [0.2, 0.25) is 0 Å². The van der Waals surface area contributed by atoms with Crippen LogP contribution >= 0.6 is 0 Å². The van der Waals surface area contributed by atoms with Crippen molar-refractivity contribution in [1.82, 2.24) is 20.6 Å². The highest BCUT2D eigenvalue weighted by Gasteiger charge is 2.15. The van der Waals surface area contributed by atoms with Gasteiger partial charge in [0.05, 0.1) is 17.9 Å². The Kier molecular flexibility index (Phi) is 5.64. The van der Waals surface area contributed by atoms with Gasteiger partial charge in [0.15, 0.2) is 11.5 Å². The number of hydrogen-bond donors (Lipinski definition) is 3. The molecule has 142 valence electrons. The molecule has 0 bridgehead atoms. The molecule has 7 nitrogen and oxygen atoms in total. The number of rotatable bonds is 5. The van der Waals surface area contributed by atoms with Crippen LogP contribution < -0.4 is 16.4 Å². The Balaban J connectivity index is 1.84. The minimum Gasteiger partial charge on any atom is -0.382 e. The standard InChI is InChI=1S/C21H21N5O2/c1-13(14-7-4-3-5-8-14)25-20(27)16-10-6-9-15(11-16)17-12-24-19(22)18(26-17)21(28)23-2/h3-13H,1-2H3,(H2,22,24)(H,23,28)(H,25,27)/t13-/m1/s1. The molecule has 1 heterocycles. The van der Waals surface area contributed by atoms with Crippen molar-refractivity contribution in [1.29, 1.82) is 0 Å². The predicted molar refractivity (Wildman–Crippen MR) is 108 cm³/mol. The number of benzene rings is 2. The van der Waals surface area contributed by atoms with Gasteiger partial charge < -0.3 is 16.4 Å². The van der Waals surface area contributed by atoms with E-state index in [0.29, 0.717) is 16.8 Å². The average Bonchev–Trinajstić information content (AvgIpc) is 2.74. The maximum absolute atomic E-state index is 12.7. The number of nitrogen functional groups attached to an aromatic ring is 1. The molecule has 0 aliphatic rings. The smallest absolute Gasteiger partial charge is 0.273 e. The summed E-state index contributed by atoms with van der Waals surface area (Å²) in [6, 6.07) is 16.6. The monoisotopic (exact) mass is 375 g/mol. The van der Waals surface area contributed by atoms with Gasteiger partial charge in [-0.3, -0.25) is 9.59 Å². The molecular formula is C21H21N5O2. The van der Waals surface area contributed by atoms with E-state index in [1.807, 2.05) is 37.3 Å². The molecule has 2 aromatic carbocycles. The quantitative estimate of drug-likeness (QED) is 0.635. The van der Waals surface area contributed by atoms with Crippen molar-refractivity contribution in [2.24, 2.45) is 0 Å². The van der Waals surface area contributed by atoms with E-state index in [2.05, 4.69) is 20.6 Å². The van der Waals surface area contributed by atoms with E-state index in [-0.39, 0.29) is 23.5 Å². The molecule has 28 heavy (non-hydrogen) atoms. The average molecular weight is 375 g/mol. The first-order valence-electron chi connectivity index (χ1n) is 8.80. The lowest BCUT2D eigenvalue weighted by atomic mass is 10.1. The van der Waals surface area contributed by atoms with Crippen molar-refractivity contribution in [3.63, 3.8) is 0 Å². The molecule has 0 spiro atoms. The fourth-order valence-electron chi connectivity index (χ4n) is 2.75. The number of aromatic nitrogens is 2. The van der Waals surface area contributed by atoms with Gasteiger partial charge in [0, 0.05) is 18.2 Å². The van der Waals surface area contributed by atoms with Crippen molar-refractivity contribution >= 4 is 17.6 Å². The van der Waals surface area contributed by atoms with Crippen LogP contribution in [0.5, 0.6) is 0 Å². The molecule has 0 aliphatic heterocycles. The summed E-state index contributed by atoms with van der Waals surface area (Å²) < 4.78 is 0. The molecule has 0 saturated heterocycles. The largest absolute Gasteiger partial charge is 0.382 e. The van der Waals surface area contributed by atoms with Crippen LogP contribution in [-0.4, -0.2) is 28.8 Å². The van der Waals surface area contributed by atoms with E-state index >= 15 is 0 Å². The van der Waals surface area contributed by atoms with Crippen LogP contribution in [0.1, 0.15) is 39.4 Å². The number of nitrogens with one attached hydrogen (secondary N) is 2. The molecule has 2 amide bonds. The predicted octanol–water partition coefficient (Wildman–Crippen LogP) is 2.58. The highest BCUT2D eigenvalue weighted by molar-refractivity contribution is 5.97. The van der Waals surface area contributed by atoms with Gasteiger partial charge in [0.25, 0.3) is 11.8 Å². The first-order chi connectivity index (χ1) is 13.5. The number of hydrogen-bond acceptors (Lipinski definition) is 5. The Hall–Kier alpha value is -3.74. The normalized spacial score (nSPS) is 11.5. The van der Waals surface area contributed by atoms with E-state index in [1.54, 1.807) is 24.3 Å². The zero-order valence-electron chi connectivity index (χ0n) is 15.6. The maximum atomic E-state index is 12.7. The van der Waals surface area contributed by atoms with Gasteiger partial charge in [-0.1, -0.05) is 42.5 Å². The number of carbonyl (C=O) groups excluding carboxylic acids is 2. The minimum atomic E-state index is -0.419. The summed E-state index contributed by atoms with van der Waals surface area (Å²) in [6.45, 7) is 1.93. The second kappa shape index (κ2) is 8.30. The third kappa shape index (κ3) is 4.15. The molecule has 0 radical (unpaired) electrons. The second-order valence-electron chi connectivity index (χ2n) is 6.25. The molecule has 3 aromatic rings. The first-order valence-corrected chi connectivity index (χ1v) is 8.80. The van der Waals surface area contributed by atoms with E-state index in [1.165, 1.54) is 13.2 Å². The SMILES string of the molecule is CNC(=O)c1nc(-c2cccc(C(=O)N[C@H](C)c3ccccc3)c2)cnc1N. The van der Waals surface area contributed by atoms with E-state index in [0.717, 1.165) is 5.56 Å². The summed E-state index contributed by atoms with van der Waals surface area (Å²) in [5, 5.41) is 5.46. The van der Waals surface area contributed by atoms with Crippen molar-refractivity contribution < 1.29 is 9.59 Å². The maximum Gasteiger partial charge on any atom is 0.273 e. The number of anilines is 1. The fourth-order valence-corrected chi connectivity index (χ4v) is 2.75. The van der Waals surface area contributed by atoms with Gasteiger partial charge in [-0.05, 0) is 24.6 Å². The Morgan fingerprint density at radius 2 is 1.79 bits per heavy atom. The van der Waals surface area contributed by atoms with Gasteiger partial charge in [-0.25, -0.2) is 9.97 Å². The van der Waals surface area contributed by atoms with Crippen molar-refractivity contribution in [2.45, 2.75) is 13.0 Å². The van der Waals surface area contributed by atoms with Gasteiger partial charge in [-0.15, -0.1) is 0 Å². The fraction of sp³-hybridized carbons (Fsp3) is 0.143. The molecule has 0 saturated carbocycles. The molecular weight excluding hydrogens is 354 g/mol. The second-order valence-corrected chi connectivity index (χ2v) is 6.25. The molecule has 4 N–H and O–H groups in total. The van der Waals surface area contributed by atoms with Crippen molar-refractivity contribution in [3.05, 3.63) is 77.6 Å². The van der Waals surface area contributed by atoms with Gasteiger partial charge in [-0.2, -0.15) is 0 Å². The zero-order valence-corrected chi connectivity index (χ0v) is 15.6. The van der Waals surface area contributed by atoms with Crippen LogP contribution in [0.3, 0.4) is 0 Å². The van der Waals surface area contributed by atoms with Crippen LogP contribution in [0.15, 0.2) is 60.8 Å². The lowest BCUT2D eigenvalue weighted by Gasteiger charge is -2.14. The summed E-state index contributed by atoms with van der Waals surface area (Å²) in [5.41, 5.74) is 8.41. The topological polar surface area (TPSA) is 110 Å². The Bertz CT molecular complexity index is 1000. The molecule has 0 unspecified atom stereocenters. The van der Waals surface area contributed by atoms with Crippen LogP contribution in [0, 0.1) is 0 Å². The lowest BCUT2D eigenvalue weighted by molar-refractivity contribution is 0.0936. The molecule has 7 heteroatoms. The summed E-state index contributed by atoms with van der Waals surface area (Å²) in [7, 11) is 1.50. The Morgan fingerprint density at radius 3 is 2.50 bits per heavy atom. The summed E-state index contributed by atoms with van der Waals surface area (Å²) in [6.07, 6.45) is 1.48. The molecule has 1 atom stereocenters. The van der Waals surface area contributed by atoms with Crippen molar-refractivity contribution in [3.8, 4) is 11.3 Å². The third-order valence-electron chi connectivity index (χ3n) is 4.31. The number of carbonyl (C=O) groups is 2. The number of nitrogens with two attached hydrogens (primary N) is 1. The molecule has 3 rings (SSSR count). The van der Waals surface area contributed by atoms with Gasteiger partial charge in [0.2, 0.25) is 0 Å². The first kappa shape index (κ1) is 19.0. The highest BCUT2D eigenvalue weighted by Crippen LogP contribution is 2.20. The zero-order chi connectivity index (χ0) is 20.1. The molecule has 0 fully saturated rings. The molecule has 0 aliphatic carbocycles. The Morgan fingerprint density at radius 1 is 1.04 bits per heavy atom. The highest BCUT2D eigenvalue weighted by atomic mass is 16.2. The van der Waals surface area contributed by atoms with E-state index in [9.17, 15) is 9.59 Å². The van der Waals surface area contributed by atoms with Crippen LogP contribution in [0.4, 0.5) is 5.82 Å². The van der Waals surface area contributed by atoms with Crippen LogP contribution in [-0.2, 0) is 0 Å². The summed E-state index contributed by atoms with van der Waals surface area (Å²) in [5.74, 6) is -0.570.